The maximum atomic E-state index is 13.3. The van der Waals surface area contributed by atoms with Crippen LogP contribution in [-0.4, -0.2) is 28.4 Å². The molecule has 5 nitrogen and oxygen atoms in total. The molecule has 3 rings (SSSR count). The molecule has 0 saturated carbocycles. The second-order valence-corrected chi connectivity index (χ2v) is 7.09. The molecule has 1 aliphatic heterocycles. The fourth-order valence-corrected chi connectivity index (χ4v) is 3.83. The van der Waals surface area contributed by atoms with E-state index in [0.717, 1.165) is 19.3 Å². The molecule has 0 bridgehead atoms. The average Bonchev–Trinajstić information content (AvgIpc) is 2.96. The third kappa shape index (κ3) is 3.39. The summed E-state index contributed by atoms with van der Waals surface area (Å²) in [5, 5.41) is 9.10. The van der Waals surface area contributed by atoms with Crippen molar-refractivity contribution in [3.05, 3.63) is 58.0 Å². The van der Waals surface area contributed by atoms with Crippen LogP contribution in [0.1, 0.15) is 63.7 Å². The summed E-state index contributed by atoms with van der Waals surface area (Å²) in [6, 6.07) is 6.23. The van der Waals surface area contributed by atoms with Gasteiger partial charge in [0.15, 0.2) is 0 Å². The Morgan fingerprint density at radius 1 is 1.19 bits per heavy atom. The van der Waals surface area contributed by atoms with Gasteiger partial charge in [-0.2, -0.15) is 0 Å². The van der Waals surface area contributed by atoms with Gasteiger partial charge in [0.1, 0.15) is 12.2 Å². The highest BCUT2D eigenvalue weighted by atomic mass is 16.4. The van der Waals surface area contributed by atoms with E-state index in [2.05, 4.69) is 26.0 Å². The van der Waals surface area contributed by atoms with Gasteiger partial charge in [0.05, 0.1) is 17.9 Å². The maximum absolute atomic E-state index is 13.3. The molecule has 1 atom stereocenters. The molecule has 1 aliphatic rings. The summed E-state index contributed by atoms with van der Waals surface area (Å²) in [5.74, 6) is -0.887. The van der Waals surface area contributed by atoms with Crippen molar-refractivity contribution < 1.29 is 19.1 Å². The second-order valence-electron chi connectivity index (χ2n) is 7.09. The van der Waals surface area contributed by atoms with Crippen molar-refractivity contribution >= 4 is 11.9 Å². The predicted molar refractivity (Wildman–Crippen MR) is 98.3 cm³/mol. The molecule has 138 valence electrons. The number of nitrogens with zero attached hydrogens (tertiary/aromatic N) is 1. The number of benzene rings is 1. The highest BCUT2D eigenvalue weighted by Gasteiger charge is 2.33. The van der Waals surface area contributed by atoms with Crippen LogP contribution in [0.2, 0.25) is 0 Å². The van der Waals surface area contributed by atoms with E-state index in [1.807, 2.05) is 11.0 Å². The van der Waals surface area contributed by atoms with Crippen LogP contribution >= 0.6 is 0 Å². The van der Waals surface area contributed by atoms with E-state index >= 15 is 0 Å². The van der Waals surface area contributed by atoms with Crippen molar-refractivity contribution in [2.45, 2.75) is 52.5 Å². The Labute approximate surface area is 153 Å². The second kappa shape index (κ2) is 7.36. The number of carboxylic acid groups (broad SMARTS) is 1. The van der Waals surface area contributed by atoms with Gasteiger partial charge in [0, 0.05) is 12.1 Å². The molecule has 1 saturated heterocycles. The summed E-state index contributed by atoms with van der Waals surface area (Å²) in [4.78, 5) is 26.3. The topological polar surface area (TPSA) is 70.8 Å². The number of aliphatic carboxylic acids is 1. The molecule has 1 amide bonds. The lowest BCUT2D eigenvalue weighted by Crippen LogP contribution is -2.39. The molecule has 1 unspecified atom stereocenters. The van der Waals surface area contributed by atoms with Crippen molar-refractivity contribution in [3.63, 3.8) is 0 Å². The van der Waals surface area contributed by atoms with Crippen LogP contribution in [0.15, 0.2) is 28.9 Å². The molecule has 0 aliphatic carbocycles. The van der Waals surface area contributed by atoms with Gasteiger partial charge < -0.3 is 14.4 Å². The lowest BCUT2D eigenvalue weighted by Gasteiger charge is -2.37. The number of amides is 1. The van der Waals surface area contributed by atoms with Crippen LogP contribution < -0.4 is 0 Å². The number of hydrogen-bond donors (Lipinski definition) is 1. The fraction of sp³-hybridized carbons (Fsp3) is 0.429. The number of piperidine rings is 1. The number of furan rings is 1. The summed E-state index contributed by atoms with van der Waals surface area (Å²) in [5.41, 5.74) is 4.71. The van der Waals surface area contributed by atoms with Gasteiger partial charge in [-0.3, -0.25) is 9.59 Å². The summed E-state index contributed by atoms with van der Waals surface area (Å²) in [6.07, 6.45) is 4.15. The van der Waals surface area contributed by atoms with Crippen molar-refractivity contribution in [3.8, 4) is 0 Å². The minimum Gasteiger partial charge on any atom is -0.481 e. The van der Waals surface area contributed by atoms with E-state index in [1.54, 1.807) is 6.92 Å². The third-order valence-electron chi connectivity index (χ3n) is 5.35. The monoisotopic (exact) mass is 355 g/mol. The number of carboxylic acids is 1. The van der Waals surface area contributed by atoms with Crippen molar-refractivity contribution in [1.82, 2.24) is 4.90 Å². The molecule has 26 heavy (non-hydrogen) atoms. The number of rotatable bonds is 4. The molecule has 5 heteroatoms. The largest absolute Gasteiger partial charge is 0.481 e. The SMILES string of the molecule is Cc1cccc(C2CCCCN2C(=O)c2c(C)coc2CC(=O)O)c1C. The Bertz CT molecular complexity index is 837. The van der Waals surface area contributed by atoms with Crippen LogP contribution in [-0.2, 0) is 11.2 Å². The Balaban J connectivity index is 1.98. The Hall–Kier alpha value is -2.56. The average molecular weight is 355 g/mol. The first kappa shape index (κ1) is 18.2. The lowest BCUT2D eigenvalue weighted by atomic mass is 9.89. The van der Waals surface area contributed by atoms with Crippen molar-refractivity contribution in [1.29, 1.82) is 0 Å². The van der Waals surface area contributed by atoms with Gasteiger partial charge in [-0.25, -0.2) is 0 Å². The zero-order chi connectivity index (χ0) is 18.8. The summed E-state index contributed by atoms with van der Waals surface area (Å²) in [7, 11) is 0. The zero-order valence-corrected chi connectivity index (χ0v) is 15.5. The quantitative estimate of drug-likeness (QED) is 0.892. The predicted octanol–water partition coefficient (Wildman–Crippen LogP) is 4.20. The first-order chi connectivity index (χ1) is 12.4. The minimum absolute atomic E-state index is 0.0168. The van der Waals surface area contributed by atoms with Crippen LogP contribution in [0.4, 0.5) is 0 Å². The highest BCUT2D eigenvalue weighted by Crippen LogP contribution is 2.35. The van der Waals surface area contributed by atoms with E-state index in [9.17, 15) is 9.59 Å². The van der Waals surface area contributed by atoms with E-state index < -0.39 is 5.97 Å². The maximum Gasteiger partial charge on any atom is 0.311 e. The molecule has 1 aromatic heterocycles. The molecule has 2 aromatic rings. The van der Waals surface area contributed by atoms with Gasteiger partial charge in [0.2, 0.25) is 0 Å². The fourth-order valence-electron chi connectivity index (χ4n) is 3.83. The molecule has 1 N–H and O–H groups in total. The van der Waals surface area contributed by atoms with Gasteiger partial charge in [0.25, 0.3) is 5.91 Å². The van der Waals surface area contributed by atoms with Crippen molar-refractivity contribution in [2.24, 2.45) is 0 Å². The molecule has 2 heterocycles. The summed E-state index contributed by atoms with van der Waals surface area (Å²) >= 11 is 0. The molecule has 0 spiro atoms. The Kier molecular flexibility index (Phi) is 5.16. The molecule has 1 fully saturated rings. The van der Waals surface area contributed by atoms with Crippen LogP contribution in [0.25, 0.3) is 0 Å². The molecular weight excluding hydrogens is 330 g/mol. The normalized spacial score (nSPS) is 17.3. The number of carbonyl (C=O) groups excluding carboxylic acids is 1. The summed E-state index contributed by atoms with van der Waals surface area (Å²) in [6.45, 7) is 6.65. The Morgan fingerprint density at radius 2 is 1.96 bits per heavy atom. The van der Waals surface area contributed by atoms with Crippen LogP contribution in [0.3, 0.4) is 0 Å². The lowest BCUT2D eigenvalue weighted by molar-refractivity contribution is -0.136. The first-order valence-electron chi connectivity index (χ1n) is 9.06. The molecular formula is C21H25NO4. The minimum atomic E-state index is -1.00. The van der Waals surface area contributed by atoms with E-state index in [-0.39, 0.29) is 24.1 Å². The summed E-state index contributed by atoms with van der Waals surface area (Å²) < 4.78 is 5.37. The number of aryl methyl sites for hydroxylation is 2. The highest BCUT2D eigenvalue weighted by molar-refractivity contribution is 5.97. The van der Waals surface area contributed by atoms with Gasteiger partial charge in [-0.1, -0.05) is 18.2 Å². The number of likely N-dealkylation sites (tertiary alicyclic amines) is 1. The van der Waals surface area contributed by atoms with Crippen LogP contribution in [0.5, 0.6) is 0 Å². The van der Waals surface area contributed by atoms with Gasteiger partial charge >= 0.3 is 5.97 Å². The van der Waals surface area contributed by atoms with Crippen molar-refractivity contribution in [2.75, 3.05) is 6.54 Å². The number of hydrogen-bond acceptors (Lipinski definition) is 3. The molecule has 0 radical (unpaired) electrons. The van der Waals surface area contributed by atoms with Gasteiger partial charge in [-0.05, 0) is 56.7 Å². The van der Waals surface area contributed by atoms with Crippen LogP contribution in [0, 0.1) is 20.8 Å². The standard InChI is InChI=1S/C21H25NO4/c1-13-7-6-8-16(15(13)3)17-9-4-5-10-22(17)21(25)20-14(2)12-26-18(20)11-19(23)24/h6-8,12,17H,4-5,9-11H2,1-3H3,(H,23,24). The van der Waals surface area contributed by atoms with E-state index in [0.29, 0.717) is 17.7 Å². The smallest absolute Gasteiger partial charge is 0.311 e. The van der Waals surface area contributed by atoms with Gasteiger partial charge in [-0.15, -0.1) is 0 Å². The molecule has 1 aromatic carbocycles. The van der Waals surface area contributed by atoms with E-state index in [4.69, 9.17) is 9.52 Å². The first-order valence-corrected chi connectivity index (χ1v) is 9.06. The number of carbonyl (C=O) groups is 2. The Morgan fingerprint density at radius 3 is 2.69 bits per heavy atom. The zero-order valence-electron chi connectivity index (χ0n) is 15.5. The third-order valence-corrected chi connectivity index (χ3v) is 5.35. The van der Waals surface area contributed by atoms with E-state index in [1.165, 1.54) is 23.0 Å².